The summed E-state index contributed by atoms with van der Waals surface area (Å²) >= 11 is 0. The number of nitrogens with two attached hydrogens (primary N) is 1. The van der Waals surface area contributed by atoms with Gasteiger partial charge in [-0.15, -0.1) is 0 Å². The molecule has 0 aliphatic carbocycles. The highest BCUT2D eigenvalue weighted by atomic mass is 16.5. The van der Waals surface area contributed by atoms with Crippen molar-refractivity contribution >= 4 is 23.1 Å². The number of fused-ring (bicyclic) bond motifs is 1. The van der Waals surface area contributed by atoms with Gasteiger partial charge in [-0.05, 0) is 53.1 Å². The number of aromatic nitrogens is 3. The number of hydrogen-bond donors (Lipinski definition) is 2. The number of anilines is 1. The zero-order chi connectivity index (χ0) is 21.9. The zero-order valence-corrected chi connectivity index (χ0v) is 17.2. The van der Waals surface area contributed by atoms with Crippen molar-refractivity contribution in [2.75, 3.05) is 5.73 Å². The highest BCUT2D eigenvalue weighted by molar-refractivity contribution is 6.01. The molecule has 0 bridgehead atoms. The van der Waals surface area contributed by atoms with Crippen molar-refractivity contribution in [3.8, 4) is 33.9 Å². The van der Waals surface area contributed by atoms with E-state index in [0.29, 0.717) is 17.9 Å². The lowest BCUT2D eigenvalue weighted by Crippen LogP contribution is -1.93. The number of aldehydes is 1. The van der Waals surface area contributed by atoms with E-state index in [1.54, 1.807) is 0 Å². The quantitative estimate of drug-likeness (QED) is 0.358. The van der Waals surface area contributed by atoms with Gasteiger partial charge in [-0.25, -0.2) is 4.98 Å². The molecule has 5 rings (SSSR count). The number of nitrogens with zero attached hydrogens (tertiary/aromatic N) is 2. The van der Waals surface area contributed by atoms with Crippen LogP contribution in [-0.4, -0.2) is 21.5 Å². The van der Waals surface area contributed by atoms with Crippen LogP contribution in [0.2, 0.25) is 0 Å². The number of hydrogen-bond acceptors (Lipinski definition) is 5. The molecule has 0 saturated carbocycles. The molecule has 0 fully saturated rings. The van der Waals surface area contributed by atoms with Gasteiger partial charge in [0.1, 0.15) is 17.8 Å². The van der Waals surface area contributed by atoms with Gasteiger partial charge in [0.2, 0.25) is 0 Å². The minimum atomic E-state index is 0.364. The smallest absolute Gasteiger partial charge is 0.158 e. The highest BCUT2D eigenvalue weighted by Gasteiger charge is 2.15. The van der Waals surface area contributed by atoms with E-state index in [1.807, 2.05) is 84.9 Å². The number of H-pyrrole nitrogens is 1. The number of nitrogens with one attached hydrogen (secondary N) is 1. The number of nitrogen functional groups attached to an aromatic ring is 1. The normalized spacial score (nSPS) is 10.9. The maximum atomic E-state index is 10.9. The topological polar surface area (TPSA) is 93.9 Å². The molecule has 0 spiro atoms. The van der Waals surface area contributed by atoms with E-state index in [0.717, 1.165) is 51.1 Å². The van der Waals surface area contributed by atoms with E-state index >= 15 is 0 Å². The fourth-order valence-corrected chi connectivity index (χ4v) is 3.71. The third kappa shape index (κ3) is 3.81. The molecule has 6 nitrogen and oxygen atoms in total. The van der Waals surface area contributed by atoms with Gasteiger partial charge in [-0.1, -0.05) is 48.5 Å². The summed E-state index contributed by atoms with van der Waals surface area (Å²) in [5.74, 6) is 1.92. The molecule has 0 unspecified atom stereocenters. The van der Waals surface area contributed by atoms with Gasteiger partial charge in [0, 0.05) is 12.0 Å². The number of pyridine rings is 1. The molecule has 0 radical (unpaired) electrons. The molecule has 5 aromatic rings. The molecule has 32 heavy (non-hydrogen) atoms. The van der Waals surface area contributed by atoms with Gasteiger partial charge in [-0.3, -0.25) is 5.10 Å². The third-order valence-electron chi connectivity index (χ3n) is 5.24. The van der Waals surface area contributed by atoms with Gasteiger partial charge in [-0.2, -0.15) is 5.10 Å². The molecule has 6 heteroatoms. The molecule has 0 aliphatic rings. The van der Waals surface area contributed by atoms with E-state index < -0.39 is 0 Å². The number of ether oxygens (including phenoxy) is 1. The summed E-state index contributed by atoms with van der Waals surface area (Å²) in [6.07, 6.45) is 1.26. The standard InChI is InChI=1S/C26H20N4O2/c27-25-24-22(18-9-11-21(12-10-18)32-20-7-2-1-3-8-20)16-23(28-26(24)30-29-25)19-6-4-5-17(15-19)13-14-31/h1-12,14-16H,13H2,(H3,27,28,29,30). The molecule has 0 saturated heterocycles. The van der Waals surface area contributed by atoms with Gasteiger partial charge in [0.05, 0.1) is 11.1 Å². The number of para-hydroxylation sites is 1. The summed E-state index contributed by atoms with van der Waals surface area (Å²) < 4.78 is 5.91. The average Bonchev–Trinajstić information content (AvgIpc) is 3.21. The summed E-state index contributed by atoms with van der Waals surface area (Å²) in [6.45, 7) is 0. The molecule has 3 aromatic carbocycles. The Labute approximate surface area is 184 Å². The number of carbonyl (C=O) groups excluding carboxylic acids is 1. The van der Waals surface area contributed by atoms with Crippen LogP contribution in [-0.2, 0) is 11.2 Å². The van der Waals surface area contributed by atoms with E-state index in [9.17, 15) is 4.79 Å². The van der Waals surface area contributed by atoms with E-state index in [4.69, 9.17) is 15.5 Å². The third-order valence-corrected chi connectivity index (χ3v) is 5.24. The maximum Gasteiger partial charge on any atom is 0.158 e. The summed E-state index contributed by atoms with van der Waals surface area (Å²) in [4.78, 5) is 15.6. The van der Waals surface area contributed by atoms with Crippen molar-refractivity contribution in [1.82, 2.24) is 15.2 Å². The van der Waals surface area contributed by atoms with Crippen LogP contribution in [0.3, 0.4) is 0 Å². The summed E-state index contributed by atoms with van der Waals surface area (Å²) in [6, 6.07) is 27.3. The Morgan fingerprint density at radius 3 is 2.44 bits per heavy atom. The largest absolute Gasteiger partial charge is 0.457 e. The molecule has 2 heterocycles. The van der Waals surface area contributed by atoms with Gasteiger partial charge in [0.25, 0.3) is 0 Å². The maximum absolute atomic E-state index is 10.9. The predicted molar refractivity (Wildman–Crippen MR) is 125 cm³/mol. The Hall–Kier alpha value is -4.45. The van der Waals surface area contributed by atoms with Crippen molar-refractivity contribution in [2.45, 2.75) is 6.42 Å². The fraction of sp³-hybridized carbons (Fsp3) is 0.0385. The number of benzene rings is 3. The van der Waals surface area contributed by atoms with Crippen LogP contribution in [0, 0.1) is 0 Å². The Balaban J connectivity index is 1.56. The lowest BCUT2D eigenvalue weighted by molar-refractivity contribution is -0.107. The first kappa shape index (κ1) is 19.5. The second kappa shape index (κ2) is 8.35. The second-order valence-electron chi connectivity index (χ2n) is 7.40. The van der Waals surface area contributed by atoms with Crippen molar-refractivity contribution in [2.24, 2.45) is 0 Å². The van der Waals surface area contributed by atoms with E-state index in [2.05, 4.69) is 10.2 Å². The number of aromatic amines is 1. The first-order chi connectivity index (χ1) is 15.7. The van der Waals surface area contributed by atoms with Crippen LogP contribution < -0.4 is 10.5 Å². The molecule has 0 atom stereocenters. The van der Waals surface area contributed by atoms with Crippen LogP contribution in [0.4, 0.5) is 5.82 Å². The van der Waals surface area contributed by atoms with Crippen LogP contribution in [0.25, 0.3) is 33.4 Å². The summed E-state index contributed by atoms with van der Waals surface area (Å²) in [7, 11) is 0. The van der Waals surface area contributed by atoms with Crippen LogP contribution in [0.5, 0.6) is 11.5 Å². The second-order valence-corrected chi connectivity index (χ2v) is 7.40. The number of rotatable bonds is 6. The predicted octanol–water partition coefficient (Wildman–Crippen LogP) is 5.41. The van der Waals surface area contributed by atoms with Crippen molar-refractivity contribution in [1.29, 1.82) is 0 Å². The lowest BCUT2D eigenvalue weighted by atomic mass is 9.99. The molecular weight excluding hydrogens is 400 g/mol. The van der Waals surface area contributed by atoms with Crippen molar-refractivity contribution < 1.29 is 9.53 Å². The van der Waals surface area contributed by atoms with E-state index in [-0.39, 0.29) is 0 Å². The first-order valence-electron chi connectivity index (χ1n) is 10.2. The van der Waals surface area contributed by atoms with Crippen LogP contribution in [0.15, 0.2) is 84.9 Å². The Morgan fingerprint density at radius 1 is 0.875 bits per heavy atom. The van der Waals surface area contributed by atoms with Crippen molar-refractivity contribution in [3.63, 3.8) is 0 Å². The molecule has 0 amide bonds. The first-order valence-corrected chi connectivity index (χ1v) is 10.2. The Morgan fingerprint density at radius 2 is 1.66 bits per heavy atom. The number of carbonyl (C=O) groups is 1. The van der Waals surface area contributed by atoms with Gasteiger partial charge >= 0.3 is 0 Å². The van der Waals surface area contributed by atoms with Gasteiger partial charge < -0.3 is 15.3 Å². The molecule has 0 aliphatic heterocycles. The van der Waals surface area contributed by atoms with Crippen molar-refractivity contribution in [3.05, 3.63) is 90.5 Å². The highest BCUT2D eigenvalue weighted by Crippen LogP contribution is 2.35. The average molecular weight is 420 g/mol. The molecular formula is C26H20N4O2. The van der Waals surface area contributed by atoms with Crippen LogP contribution in [0.1, 0.15) is 5.56 Å². The minimum absolute atomic E-state index is 0.364. The fourth-order valence-electron chi connectivity index (χ4n) is 3.71. The monoisotopic (exact) mass is 420 g/mol. The summed E-state index contributed by atoms with van der Waals surface area (Å²) in [5, 5.41) is 7.85. The lowest BCUT2D eigenvalue weighted by Gasteiger charge is -2.10. The van der Waals surface area contributed by atoms with Gasteiger partial charge in [0.15, 0.2) is 11.5 Å². The van der Waals surface area contributed by atoms with Crippen LogP contribution >= 0.6 is 0 Å². The molecule has 156 valence electrons. The van der Waals surface area contributed by atoms with E-state index in [1.165, 1.54) is 0 Å². The Bertz CT molecular complexity index is 1390. The summed E-state index contributed by atoms with van der Waals surface area (Å²) in [5.41, 5.74) is 11.3. The Kier molecular flexibility index (Phi) is 5.09. The zero-order valence-electron chi connectivity index (χ0n) is 17.2. The molecule has 3 N–H and O–H groups in total. The minimum Gasteiger partial charge on any atom is -0.457 e. The SMILES string of the molecule is Nc1n[nH]c2nc(-c3cccc(CC=O)c3)cc(-c3ccc(Oc4ccccc4)cc3)c12. The molecule has 2 aromatic heterocycles.